The number of hydrogen-bond donors (Lipinski definition) is 2. The SMILES string of the molecule is CCCNCc1nc2c([nH]1)CC(C(C)(C)C)CC2. The number of imidazole rings is 1. The number of nitrogens with zero attached hydrogens (tertiary/aromatic N) is 1. The first-order valence-corrected chi connectivity index (χ1v) is 7.28. The van der Waals surface area contributed by atoms with Gasteiger partial charge in [0.25, 0.3) is 0 Å². The molecule has 0 radical (unpaired) electrons. The fraction of sp³-hybridized carbons (Fsp3) is 0.800. The summed E-state index contributed by atoms with van der Waals surface area (Å²) >= 11 is 0. The Bertz CT molecular complexity index is 387. The van der Waals surface area contributed by atoms with Gasteiger partial charge in [0, 0.05) is 5.69 Å². The normalized spacial score (nSPS) is 19.9. The Morgan fingerprint density at radius 2 is 2.17 bits per heavy atom. The summed E-state index contributed by atoms with van der Waals surface area (Å²) in [5.74, 6) is 1.89. The largest absolute Gasteiger partial charge is 0.345 e. The fourth-order valence-electron chi connectivity index (χ4n) is 2.75. The summed E-state index contributed by atoms with van der Waals surface area (Å²) in [5, 5.41) is 3.41. The van der Waals surface area contributed by atoms with Crippen molar-refractivity contribution in [2.75, 3.05) is 6.54 Å². The molecule has 1 atom stereocenters. The van der Waals surface area contributed by atoms with Gasteiger partial charge in [-0.05, 0) is 43.6 Å². The van der Waals surface area contributed by atoms with Crippen LogP contribution >= 0.6 is 0 Å². The van der Waals surface area contributed by atoms with Gasteiger partial charge in [0.2, 0.25) is 0 Å². The highest BCUT2D eigenvalue weighted by Gasteiger charge is 2.30. The van der Waals surface area contributed by atoms with Crippen LogP contribution in [0.3, 0.4) is 0 Å². The molecule has 3 heteroatoms. The predicted octanol–water partition coefficient (Wildman–Crippen LogP) is 3.06. The zero-order valence-electron chi connectivity index (χ0n) is 12.3. The van der Waals surface area contributed by atoms with Crippen LogP contribution < -0.4 is 5.32 Å². The molecule has 0 saturated carbocycles. The second kappa shape index (κ2) is 5.43. The molecule has 1 heterocycles. The molecule has 0 aromatic carbocycles. The summed E-state index contributed by atoms with van der Waals surface area (Å²) in [5.41, 5.74) is 3.10. The summed E-state index contributed by atoms with van der Waals surface area (Å²) in [7, 11) is 0. The predicted molar refractivity (Wildman–Crippen MR) is 75.6 cm³/mol. The molecule has 0 saturated heterocycles. The molecule has 2 rings (SSSR count). The third kappa shape index (κ3) is 3.14. The highest BCUT2D eigenvalue weighted by atomic mass is 15.0. The van der Waals surface area contributed by atoms with E-state index in [-0.39, 0.29) is 0 Å². The van der Waals surface area contributed by atoms with Gasteiger partial charge in [-0.25, -0.2) is 4.98 Å². The Balaban J connectivity index is 2.00. The van der Waals surface area contributed by atoms with Crippen molar-refractivity contribution in [3.8, 4) is 0 Å². The fourth-order valence-corrected chi connectivity index (χ4v) is 2.75. The lowest BCUT2D eigenvalue weighted by Crippen LogP contribution is -2.26. The van der Waals surface area contributed by atoms with E-state index in [1.165, 1.54) is 30.7 Å². The van der Waals surface area contributed by atoms with Gasteiger partial charge in [0.1, 0.15) is 5.82 Å². The number of hydrogen-bond acceptors (Lipinski definition) is 2. The molecule has 1 unspecified atom stereocenters. The van der Waals surface area contributed by atoms with Crippen LogP contribution in [-0.4, -0.2) is 16.5 Å². The molecular weight excluding hydrogens is 222 g/mol. The van der Waals surface area contributed by atoms with E-state index in [0.29, 0.717) is 5.41 Å². The molecule has 3 nitrogen and oxygen atoms in total. The van der Waals surface area contributed by atoms with Gasteiger partial charge in [-0.3, -0.25) is 0 Å². The Morgan fingerprint density at radius 1 is 1.39 bits per heavy atom. The maximum Gasteiger partial charge on any atom is 0.120 e. The highest BCUT2D eigenvalue weighted by Crippen LogP contribution is 2.36. The number of fused-ring (bicyclic) bond motifs is 1. The standard InChI is InChI=1S/C15H27N3/c1-5-8-16-10-14-17-12-7-6-11(15(2,3)4)9-13(12)18-14/h11,16H,5-10H2,1-4H3,(H,17,18). The van der Waals surface area contributed by atoms with Crippen molar-refractivity contribution in [1.29, 1.82) is 0 Å². The van der Waals surface area contributed by atoms with Crippen LogP contribution in [0, 0.1) is 11.3 Å². The van der Waals surface area contributed by atoms with E-state index in [2.05, 4.69) is 38.0 Å². The average molecular weight is 249 g/mol. The summed E-state index contributed by atoms with van der Waals surface area (Å²) in [6.07, 6.45) is 4.76. The summed E-state index contributed by atoms with van der Waals surface area (Å²) < 4.78 is 0. The number of rotatable bonds is 4. The number of nitrogens with one attached hydrogen (secondary N) is 2. The lowest BCUT2D eigenvalue weighted by molar-refractivity contribution is 0.214. The quantitative estimate of drug-likeness (QED) is 0.805. The first-order valence-electron chi connectivity index (χ1n) is 7.28. The van der Waals surface area contributed by atoms with Crippen LogP contribution in [0.15, 0.2) is 0 Å². The summed E-state index contributed by atoms with van der Waals surface area (Å²) in [6, 6.07) is 0. The molecule has 18 heavy (non-hydrogen) atoms. The van der Waals surface area contributed by atoms with Gasteiger partial charge in [-0.2, -0.15) is 0 Å². The van der Waals surface area contributed by atoms with Crippen LogP contribution in [0.5, 0.6) is 0 Å². The molecule has 2 N–H and O–H groups in total. The van der Waals surface area contributed by atoms with E-state index < -0.39 is 0 Å². The number of aromatic nitrogens is 2. The van der Waals surface area contributed by atoms with E-state index in [4.69, 9.17) is 4.98 Å². The topological polar surface area (TPSA) is 40.7 Å². The smallest absolute Gasteiger partial charge is 0.120 e. The lowest BCUT2D eigenvalue weighted by atomic mass is 9.73. The second-order valence-electron chi connectivity index (χ2n) is 6.59. The maximum atomic E-state index is 4.72. The molecule has 0 amide bonds. The van der Waals surface area contributed by atoms with Crippen LogP contribution in [0.4, 0.5) is 0 Å². The third-order valence-corrected chi connectivity index (χ3v) is 4.04. The van der Waals surface area contributed by atoms with Crippen LogP contribution in [0.2, 0.25) is 0 Å². The van der Waals surface area contributed by atoms with Crippen molar-refractivity contribution in [1.82, 2.24) is 15.3 Å². The molecule has 1 aliphatic carbocycles. The van der Waals surface area contributed by atoms with Crippen LogP contribution in [0.25, 0.3) is 0 Å². The molecule has 1 aromatic rings. The Kier molecular flexibility index (Phi) is 4.10. The monoisotopic (exact) mass is 249 g/mol. The van der Waals surface area contributed by atoms with Crippen LogP contribution in [0.1, 0.15) is 57.7 Å². The molecular formula is C15H27N3. The molecule has 0 aliphatic heterocycles. The molecule has 1 aliphatic rings. The van der Waals surface area contributed by atoms with Crippen molar-refractivity contribution in [2.45, 2.75) is 59.9 Å². The van der Waals surface area contributed by atoms with Gasteiger partial charge < -0.3 is 10.3 Å². The van der Waals surface area contributed by atoms with Crippen molar-refractivity contribution >= 4 is 0 Å². The van der Waals surface area contributed by atoms with Crippen LogP contribution in [-0.2, 0) is 19.4 Å². The van der Waals surface area contributed by atoms with Gasteiger partial charge >= 0.3 is 0 Å². The molecule has 1 aromatic heterocycles. The number of aromatic amines is 1. The summed E-state index contributed by atoms with van der Waals surface area (Å²) in [6.45, 7) is 11.2. The highest BCUT2D eigenvalue weighted by molar-refractivity contribution is 5.19. The minimum Gasteiger partial charge on any atom is -0.345 e. The first-order chi connectivity index (χ1) is 8.50. The minimum absolute atomic E-state index is 0.406. The van der Waals surface area contributed by atoms with Crippen molar-refractivity contribution in [3.05, 3.63) is 17.2 Å². The van der Waals surface area contributed by atoms with E-state index in [1.807, 2.05) is 0 Å². The van der Waals surface area contributed by atoms with Gasteiger partial charge in [-0.15, -0.1) is 0 Å². The van der Waals surface area contributed by atoms with E-state index >= 15 is 0 Å². The summed E-state index contributed by atoms with van der Waals surface area (Å²) in [4.78, 5) is 8.24. The zero-order valence-corrected chi connectivity index (χ0v) is 12.3. The first kappa shape index (κ1) is 13.6. The molecule has 102 valence electrons. The van der Waals surface area contributed by atoms with E-state index in [9.17, 15) is 0 Å². The zero-order chi connectivity index (χ0) is 13.2. The Labute approximate surface area is 111 Å². The van der Waals surface area contributed by atoms with Crippen molar-refractivity contribution in [3.63, 3.8) is 0 Å². The van der Waals surface area contributed by atoms with E-state index in [0.717, 1.165) is 31.3 Å². The Morgan fingerprint density at radius 3 is 2.83 bits per heavy atom. The molecule has 0 spiro atoms. The van der Waals surface area contributed by atoms with Crippen molar-refractivity contribution < 1.29 is 0 Å². The Hall–Kier alpha value is -0.830. The van der Waals surface area contributed by atoms with Gasteiger partial charge in [-0.1, -0.05) is 27.7 Å². The second-order valence-corrected chi connectivity index (χ2v) is 6.59. The third-order valence-electron chi connectivity index (χ3n) is 4.04. The van der Waals surface area contributed by atoms with E-state index in [1.54, 1.807) is 0 Å². The molecule has 0 fully saturated rings. The molecule has 0 bridgehead atoms. The minimum atomic E-state index is 0.406. The number of H-pyrrole nitrogens is 1. The lowest BCUT2D eigenvalue weighted by Gasteiger charge is -2.33. The van der Waals surface area contributed by atoms with Gasteiger partial charge in [0.15, 0.2) is 0 Å². The number of aryl methyl sites for hydroxylation is 1. The maximum absolute atomic E-state index is 4.72. The average Bonchev–Trinajstić information content (AvgIpc) is 2.69. The van der Waals surface area contributed by atoms with Crippen molar-refractivity contribution in [2.24, 2.45) is 11.3 Å². The van der Waals surface area contributed by atoms with Gasteiger partial charge in [0.05, 0.1) is 12.2 Å².